The number of nitrogens with zero attached hydrogens (tertiary/aromatic N) is 3. The van der Waals surface area contributed by atoms with E-state index in [9.17, 15) is 9.59 Å². The van der Waals surface area contributed by atoms with Gasteiger partial charge >= 0.3 is 12.1 Å². The van der Waals surface area contributed by atoms with Gasteiger partial charge in [-0.1, -0.05) is 70.0 Å². The van der Waals surface area contributed by atoms with Crippen LogP contribution in [-0.2, 0) is 10.2 Å². The third-order valence-electron chi connectivity index (χ3n) is 5.59. The van der Waals surface area contributed by atoms with Gasteiger partial charge < -0.3 is 4.74 Å². The lowest BCUT2D eigenvalue weighted by Gasteiger charge is -2.28. The summed E-state index contributed by atoms with van der Waals surface area (Å²) < 4.78 is 5.73. The van der Waals surface area contributed by atoms with E-state index in [1.165, 1.54) is 12.1 Å². The van der Waals surface area contributed by atoms with Crippen LogP contribution in [0.15, 0.2) is 88.4 Å². The summed E-state index contributed by atoms with van der Waals surface area (Å²) in [5.74, 6) is 0. The highest BCUT2D eigenvalue weighted by atomic mass is 79.9. The van der Waals surface area contributed by atoms with E-state index in [1.54, 1.807) is 36.4 Å². The van der Waals surface area contributed by atoms with Crippen molar-refractivity contribution in [3.63, 3.8) is 0 Å². The van der Waals surface area contributed by atoms with Crippen molar-refractivity contribution in [3.8, 4) is 0 Å². The van der Waals surface area contributed by atoms with Crippen LogP contribution in [0, 0.1) is 0 Å². The van der Waals surface area contributed by atoms with Gasteiger partial charge in [-0.05, 0) is 54.4 Å². The third kappa shape index (κ3) is 4.51. The predicted octanol–water partition coefficient (Wildman–Crippen LogP) is 6.47. The van der Waals surface area contributed by atoms with Crippen LogP contribution in [0.5, 0.6) is 0 Å². The van der Waals surface area contributed by atoms with Crippen LogP contribution in [0.4, 0.5) is 15.3 Å². The van der Waals surface area contributed by atoms with Crippen molar-refractivity contribution >= 4 is 51.1 Å². The Bertz CT molecular complexity index is 1200. The first-order valence-electron chi connectivity index (χ1n) is 10.2. The fourth-order valence-corrected chi connectivity index (χ4v) is 4.25. The molecule has 168 valence electrons. The van der Waals surface area contributed by atoms with Gasteiger partial charge in [0.2, 0.25) is 0 Å². The van der Waals surface area contributed by atoms with E-state index in [1.807, 2.05) is 49.4 Å². The summed E-state index contributed by atoms with van der Waals surface area (Å²) in [6.45, 7) is 2.28. The molecule has 1 unspecified atom stereocenters. The molecule has 1 aliphatic heterocycles. The molecular formula is C25H21BrClN3O3. The number of hydrogen-bond donors (Lipinski definition) is 0. The van der Waals surface area contributed by atoms with E-state index < -0.39 is 17.5 Å². The van der Waals surface area contributed by atoms with E-state index in [-0.39, 0.29) is 6.54 Å². The number of hydrogen-bond acceptors (Lipinski definition) is 4. The molecule has 0 saturated heterocycles. The molecule has 33 heavy (non-hydrogen) atoms. The summed E-state index contributed by atoms with van der Waals surface area (Å²) in [5.41, 5.74) is 2.33. The first-order valence-corrected chi connectivity index (χ1v) is 11.4. The predicted molar refractivity (Wildman–Crippen MR) is 133 cm³/mol. The Morgan fingerprint density at radius 2 is 1.67 bits per heavy atom. The van der Waals surface area contributed by atoms with Crippen molar-refractivity contribution in [1.29, 1.82) is 0 Å². The topological polar surface area (TPSA) is 62.2 Å². The largest absolute Gasteiger partial charge is 0.452 e. The summed E-state index contributed by atoms with van der Waals surface area (Å²) in [6.07, 6.45) is -0.793. The molecule has 0 spiro atoms. The van der Waals surface area contributed by atoms with E-state index in [2.05, 4.69) is 15.9 Å². The second-order valence-corrected chi connectivity index (χ2v) is 9.13. The smallest absolute Gasteiger partial charge is 0.422 e. The number of benzene rings is 3. The average Bonchev–Trinajstić information content (AvgIpc) is 3.20. The van der Waals surface area contributed by atoms with Gasteiger partial charge in [-0.3, -0.25) is 0 Å². The molecular weight excluding hydrogens is 506 g/mol. The van der Waals surface area contributed by atoms with Gasteiger partial charge in [0, 0.05) is 9.50 Å². The van der Waals surface area contributed by atoms with Gasteiger partial charge in [0.25, 0.3) is 0 Å². The lowest BCUT2D eigenvalue weighted by Crippen LogP contribution is -2.46. The third-order valence-corrected chi connectivity index (χ3v) is 6.37. The molecule has 3 amide bonds. The minimum absolute atomic E-state index is 0.248. The molecule has 0 fully saturated rings. The standard InChI is InChI=1S/C25H21BrClN3O3/c1-25(18-6-4-3-5-7-18)16-29(28-22(25)17-8-12-20(27)13-9-17)23(31)30(24(32)33-2)21-14-10-19(26)11-15-21/h3-15H,16H2,1-2H3. The summed E-state index contributed by atoms with van der Waals surface area (Å²) >= 11 is 9.46. The van der Waals surface area contributed by atoms with Gasteiger partial charge in [0.05, 0.1) is 30.5 Å². The molecule has 0 bridgehead atoms. The Kier molecular flexibility index (Phi) is 6.54. The first-order chi connectivity index (χ1) is 15.8. The van der Waals surface area contributed by atoms with Gasteiger partial charge in [0.15, 0.2) is 0 Å². The van der Waals surface area contributed by atoms with Crippen LogP contribution < -0.4 is 4.90 Å². The number of ether oxygens (including phenoxy) is 1. The Morgan fingerprint density at radius 3 is 2.27 bits per heavy atom. The monoisotopic (exact) mass is 525 g/mol. The Labute approximate surface area is 205 Å². The van der Waals surface area contributed by atoms with Gasteiger partial charge in [-0.25, -0.2) is 14.6 Å². The Hall–Kier alpha value is -3.16. The van der Waals surface area contributed by atoms with Crippen molar-refractivity contribution in [3.05, 3.63) is 99.5 Å². The number of urea groups is 1. The summed E-state index contributed by atoms with van der Waals surface area (Å²) in [5, 5.41) is 6.62. The number of imide groups is 1. The van der Waals surface area contributed by atoms with E-state index in [0.717, 1.165) is 20.5 Å². The normalized spacial score (nSPS) is 17.5. The summed E-state index contributed by atoms with van der Waals surface area (Å²) in [4.78, 5) is 27.2. The molecule has 1 atom stereocenters. The Morgan fingerprint density at radius 1 is 1.03 bits per heavy atom. The lowest BCUT2D eigenvalue weighted by molar-refractivity contribution is 0.171. The fraction of sp³-hybridized carbons (Fsp3) is 0.160. The quantitative estimate of drug-likeness (QED) is 0.393. The van der Waals surface area contributed by atoms with Crippen molar-refractivity contribution in [2.45, 2.75) is 12.3 Å². The van der Waals surface area contributed by atoms with Crippen LogP contribution in [0.3, 0.4) is 0 Å². The molecule has 3 aromatic carbocycles. The molecule has 0 N–H and O–H groups in total. The van der Waals surface area contributed by atoms with Crippen LogP contribution >= 0.6 is 27.5 Å². The van der Waals surface area contributed by atoms with E-state index in [4.69, 9.17) is 21.4 Å². The Balaban J connectivity index is 1.78. The van der Waals surface area contributed by atoms with Crippen molar-refractivity contribution in [1.82, 2.24) is 5.01 Å². The maximum absolute atomic E-state index is 13.6. The molecule has 8 heteroatoms. The maximum Gasteiger partial charge on any atom is 0.422 e. The molecule has 3 aromatic rings. The zero-order chi connectivity index (χ0) is 23.6. The minimum atomic E-state index is -0.793. The number of halogens is 2. The van der Waals surface area contributed by atoms with Gasteiger partial charge in [0.1, 0.15) is 0 Å². The molecule has 1 heterocycles. The number of methoxy groups -OCH3 is 1. The summed E-state index contributed by atoms with van der Waals surface area (Å²) in [7, 11) is 1.24. The molecule has 0 saturated carbocycles. The number of anilines is 1. The molecule has 0 aliphatic carbocycles. The minimum Gasteiger partial charge on any atom is -0.452 e. The van der Waals surface area contributed by atoms with E-state index in [0.29, 0.717) is 16.4 Å². The van der Waals surface area contributed by atoms with Crippen LogP contribution in [0.25, 0.3) is 0 Å². The maximum atomic E-state index is 13.6. The number of carbonyl (C=O) groups is 2. The molecule has 0 aromatic heterocycles. The van der Waals surface area contributed by atoms with Gasteiger partial charge in [-0.2, -0.15) is 10.0 Å². The second-order valence-electron chi connectivity index (χ2n) is 7.78. The fourth-order valence-electron chi connectivity index (χ4n) is 3.86. The van der Waals surface area contributed by atoms with E-state index >= 15 is 0 Å². The number of carbonyl (C=O) groups excluding carboxylic acids is 2. The number of hydrazone groups is 1. The zero-order valence-electron chi connectivity index (χ0n) is 18.0. The molecule has 0 radical (unpaired) electrons. The SMILES string of the molecule is COC(=O)N(C(=O)N1CC(C)(c2ccccc2)C(c2ccc(Cl)cc2)=N1)c1ccc(Br)cc1. The lowest BCUT2D eigenvalue weighted by atomic mass is 9.76. The second kappa shape index (κ2) is 9.37. The van der Waals surface area contributed by atoms with Crippen LogP contribution in [0.1, 0.15) is 18.1 Å². The number of amides is 3. The zero-order valence-corrected chi connectivity index (χ0v) is 20.4. The highest BCUT2D eigenvalue weighted by molar-refractivity contribution is 9.10. The molecule has 6 nitrogen and oxygen atoms in total. The van der Waals surface area contributed by atoms with Gasteiger partial charge in [-0.15, -0.1) is 0 Å². The first kappa shape index (κ1) is 23.0. The van der Waals surface area contributed by atoms with Crippen LogP contribution in [-0.4, -0.2) is 36.5 Å². The highest BCUT2D eigenvalue weighted by Gasteiger charge is 2.44. The summed E-state index contributed by atoms with van der Waals surface area (Å²) in [6, 6.07) is 23.4. The van der Waals surface area contributed by atoms with Crippen molar-refractivity contribution in [2.24, 2.45) is 5.10 Å². The highest BCUT2D eigenvalue weighted by Crippen LogP contribution is 2.36. The van der Waals surface area contributed by atoms with Crippen LogP contribution in [0.2, 0.25) is 5.02 Å². The molecule has 4 rings (SSSR count). The molecule has 1 aliphatic rings. The van der Waals surface area contributed by atoms with Crippen molar-refractivity contribution in [2.75, 3.05) is 18.6 Å². The van der Waals surface area contributed by atoms with Crippen molar-refractivity contribution < 1.29 is 14.3 Å². The number of rotatable bonds is 3. The average molecular weight is 527 g/mol.